The van der Waals surface area contributed by atoms with E-state index in [2.05, 4.69) is 15.9 Å². The van der Waals surface area contributed by atoms with Gasteiger partial charge in [-0.15, -0.1) is 0 Å². The molecule has 0 aliphatic carbocycles. The highest BCUT2D eigenvalue weighted by Gasteiger charge is 2.28. The topological polar surface area (TPSA) is 30.3 Å². The van der Waals surface area contributed by atoms with E-state index in [1.165, 1.54) is 25.8 Å². The summed E-state index contributed by atoms with van der Waals surface area (Å²) < 4.78 is 0. The molecule has 2 heterocycles. The Bertz CT molecular complexity index is 509. The number of anilines is 1. The van der Waals surface area contributed by atoms with Gasteiger partial charge in [-0.25, -0.2) is 0 Å². The van der Waals surface area contributed by atoms with Crippen molar-refractivity contribution in [1.29, 1.82) is 5.26 Å². The SMILES string of the molecule is N#Cc1ccc(N2CCN3CCCCC3C2)cc1Cl. The molecular weight excluding hydrogens is 258 g/mol. The summed E-state index contributed by atoms with van der Waals surface area (Å²) in [6.45, 7) is 4.54. The average Bonchev–Trinajstić information content (AvgIpc) is 2.46. The number of piperidine rings is 1. The van der Waals surface area contributed by atoms with Gasteiger partial charge in [-0.05, 0) is 37.6 Å². The van der Waals surface area contributed by atoms with Crippen LogP contribution in [0, 0.1) is 11.3 Å². The molecule has 100 valence electrons. The van der Waals surface area contributed by atoms with Gasteiger partial charge in [0.15, 0.2) is 0 Å². The molecule has 0 saturated carbocycles. The molecule has 0 spiro atoms. The smallest absolute Gasteiger partial charge is 0.101 e. The average molecular weight is 276 g/mol. The summed E-state index contributed by atoms with van der Waals surface area (Å²) in [7, 11) is 0. The van der Waals surface area contributed by atoms with Crippen LogP contribution < -0.4 is 4.90 Å². The molecule has 2 fully saturated rings. The van der Waals surface area contributed by atoms with Gasteiger partial charge in [0.25, 0.3) is 0 Å². The number of rotatable bonds is 1. The van der Waals surface area contributed by atoms with Crippen molar-refractivity contribution >= 4 is 17.3 Å². The van der Waals surface area contributed by atoms with Crippen LogP contribution in [0.15, 0.2) is 18.2 Å². The zero-order valence-electron chi connectivity index (χ0n) is 11.0. The minimum Gasteiger partial charge on any atom is -0.369 e. The molecule has 2 saturated heterocycles. The van der Waals surface area contributed by atoms with Crippen LogP contribution in [0.4, 0.5) is 5.69 Å². The lowest BCUT2D eigenvalue weighted by Crippen LogP contribution is -2.54. The van der Waals surface area contributed by atoms with Gasteiger partial charge in [0, 0.05) is 31.4 Å². The number of nitriles is 1. The lowest BCUT2D eigenvalue weighted by molar-refractivity contribution is 0.133. The van der Waals surface area contributed by atoms with Crippen LogP contribution in [0.1, 0.15) is 24.8 Å². The predicted octanol–water partition coefficient (Wildman–Crippen LogP) is 2.89. The maximum atomic E-state index is 8.92. The van der Waals surface area contributed by atoms with Crippen molar-refractivity contribution in [3.05, 3.63) is 28.8 Å². The molecule has 2 aliphatic rings. The molecule has 0 radical (unpaired) electrons. The zero-order valence-corrected chi connectivity index (χ0v) is 11.7. The first-order valence-electron chi connectivity index (χ1n) is 6.96. The number of nitrogens with zero attached hydrogens (tertiary/aromatic N) is 3. The third-order valence-corrected chi connectivity index (χ3v) is 4.59. The number of piperazine rings is 1. The Morgan fingerprint density at radius 3 is 2.89 bits per heavy atom. The van der Waals surface area contributed by atoms with Gasteiger partial charge >= 0.3 is 0 Å². The molecule has 1 atom stereocenters. The van der Waals surface area contributed by atoms with Crippen molar-refractivity contribution in [2.24, 2.45) is 0 Å². The molecule has 2 aliphatic heterocycles. The fourth-order valence-corrected chi connectivity index (χ4v) is 3.40. The number of halogens is 1. The first-order valence-corrected chi connectivity index (χ1v) is 7.34. The third kappa shape index (κ3) is 2.56. The second kappa shape index (κ2) is 5.40. The van der Waals surface area contributed by atoms with Gasteiger partial charge in [0.1, 0.15) is 6.07 Å². The third-order valence-electron chi connectivity index (χ3n) is 4.28. The maximum absolute atomic E-state index is 8.92. The highest BCUT2D eigenvalue weighted by atomic mass is 35.5. The first kappa shape index (κ1) is 12.8. The van der Waals surface area contributed by atoms with Gasteiger partial charge in [-0.3, -0.25) is 4.90 Å². The molecule has 1 aromatic carbocycles. The number of benzene rings is 1. The van der Waals surface area contributed by atoms with Crippen molar-refractivity contribution < 1.29 is 0 Å². The summed E-state index contributed by atoms with van der Waals surface area (Å²) in [4.78, 5) is 5.02. The highest BCUT2D eigenvalue weighted by Crippen LogP contribution is 2.27. The number of hydrogen-bond donors (Lipinski definition) is 0. The summed E-state index contributed by atoms with van der Waals surface area (Å²) in [5.41, 5.74) is 1.70. The number of fused-ring (bicyclic) bond motifs is 1. The summed E-state index contributed by atoms with van der Waals surface area (Å²) in [5, 5.41) is 9.48. The molecule has 0 amide bonds. The van der Waals surface area contributed by atoms with E-state index in [0.717, 1.165) is 25.3 Å². The zero-order chi connectivity index (χ0) is 13.2. The highest BCUT2D eigenvalue weighted by molar-refractivity contribution is 6.32. The molecule has 0 N–H and O–H groups in total. The van der Waals surface area contributed by atoms with E-state index in [0.29, 0.717) is 16.6 Å². The molecule has 0 bridgehead atoms. The predicted molar refractivity (Wildman–Crippen MR) is 77.6 cm³/mol. The standard InChI is InChI=1S/C15H18ClN3/c16-15-9-13(5-4-12(15)10-17)19-8-7-18-6-2-1-3-14(18)11-19/h4-5,9,14H,1-3,6-8,11H2. The summed E-state index contributed by atoms with van der Waals surface area (Å²) in [6, 6.07) is 8.57. The van der Waals surface area contributed by atoms with E-state index in [4.69, 9.17) is 16.9 Å². The second-order valence-corrected chi connectivity index (χ2v) is 5.81. The molecule has 3 rings (SSSR count). The Morgan fingerprint density at radius 1 is 1.21 bits per heavy atom. The van der Waals surface area contributed by atoms with Gasteiger partial charge in [-0.1, -0.05) is 18.0 Å². The van der Waals surface area contributed by atoms with E-state index >= 15 is 0 Å². The van der Waals surface area contributed by atoms with Crippen molar-refractivity contribution in [2.75, 3.05) is 31.1 Å². The summed E-state index contributed by atoms with van der Waals surface area (Å²) in [6.07, 6.45) is 4.00. The fourth-order valence-electron chi connectivity index (χ4n) is 3.18. The molecule has 0 aromatic heterocycles. The van der Waals surface area contributed by atoms with Crippen molar-refractivity contribution in [3.63, 3.8) is 0 Å². The fraction of sp³-hybridized carbons (Fsp3) is 0.533. The Balaban J connectivity index is 1.76. The van der Waals surface area contributed by atoms with E-state index in [-0.39, 0.29) is 0 Å². The van der Waals surface area contributed by atoms with Crippen molar-refractivity contribution in [3.8, 4) is 6.07 Å². The van der Waals surface area contributed by atoms with Crippen LogP contribution in [0.3, 0.4) is 0 Å². The Kier molecular flexibility index (Phi) is 3.63. The van der Waals surface area contributed by atoms with Crippen molar-refractivity contribution in [1.82, 2.24) is 4.90 Å². The normalized spacial score (nSPS) is 23.8. The van der Waals surface area contributed by atoms with Crippen LogP contribution in [0.2, 0.25) is 5.02 Å². The summed E-state index contributed by atoms with van der Waals surface area (Å²) in [5.74, 6) is 0. The van der Waals surface area contributed by atoms with Crippen LogP contribution >= 0.6 is 11.6 Å². The minimum absolute atomic E-state index is 0.557. The van der Waals surface area contributed by atoms with E-state index in [1.54, 1.807) is 0 Å². The monoisotopic (exact) mass is 275 g/mol. The second-order valence-electron chi connectivity index (χ2n) is 5.41. The Labute approximate surface area is 119 Å². The van der Waals surface area contributed by atoms with Crippen molar-refractivity contribution in [2.45, 2.75) is 25.3 Å². The first-order chi connectivity index (χ1) is 9.28. The molecule has 1 aromatic rings. The Morgan fingerprint density at radius 2 is 2.11 bits per heavy atom. The van der Waals surface area contributed by atoms with E-state index < -0.39 is 0 Å². The van der Waals surface area contributed by atoms with Gasteiger partial charge in [0.05, 0.1) is 10.6 Å². The molecule has 3 nitrogen and oxygen atoms in total. The van der Waals surface area contributed by atoms with Crippen LogP contribution in [-0.4, -0.2) is 37.1 Å². The van der Waals surface area contributed by atoms with Crippen LogP contribution in [0.5, 0.6) is 0 Å². The summed E-state index contributed by atoms with van der Waals surface area (Å²) >= 11 is 6.13. The lowest BCUT2D eigenvalue weighted by atomic mass is 9.99. The largest absolute Gasteiger partial charge is 0.369 e. The van der Waals surface area contributed by atoms with Crippen LogP contribution in [0.25, 0.3) is 0 Å². The van der Waals surface area contributed by atoms with Crippen LogP contribution in [-0.2, 0) is 0 Å². The quantitative estimate of drug-likeness (QED) is 0.789. The molecule has 1 unspecified atom stereocenters. The maximum Gasteiger partial charge on any atom is 0.101 e. The van der Waals surface area contributed by atoms with E-state index in [1.807, 2.05) is 18.2 Å². The number of hydrogen-bond acceptors (Lipinski definition) is 3. The van der Waals surface area contributed by atoms with Gasteiger partial charge < -0.3 is 4.90 Å². The molecule has 19 heavy (non-hydrogen) atoms. The molecular formula is C15H18ClN3. The van der Waals surface area contributed by atoms with Gasteiger partial charge in [0.2, 0.25) is 0 Å². The van der Waals surface area contributed by atoms with E-state index in [9.17, 15) is 0 Å². The Hall–Kier alpha value is -1.24. The lowest BCUT2D eigenvalue weighted by Gasteiger charge is -2.45. The minimum atomic E-state index is 0.557. The molecule has 4 heteroatoms. The van der Waals surface area contributed by atoms with Gasteiger partial charge in [-0.2, -0.15) is 5.26 Å².